The maximum absolute atomic E-state index is 12.8. The molecule has 0 saturated carbocycles. The molecule has 1 aliphatic rings. The minimum atomic E-state index is -1.79. The van der Waals surface area contributed by atoms with Crippen LogP contribution in [0.2, 0.25) is 0 Å². The summed E-state index contributed by atoms with van der Waals surface area (Å²) >= 11 is 0. The van der Waals surface area contributed by atoms with Crippen molar-refractivity contribution in [2.75, 3.05) is 6.61 Å². The number of aliphatic hydroxyl groups excluding tert-OH is 4. The Morgan fingerprint density at radius 1 is 0.812 bits per heavy atom. The third kappa shape index (κ3) is 3.42. The summed E-state index contributed by atoms with van der Waals surface area (Å²) in [4.78, 5) is 12.8. The molecule has 11 nitrogen and oxygen atoms in total. The van der Waals surface area contributed by atoms with E-state index in [1.54, 1.807) is 0 Å². The number of ether oxygens (including phenoxy) is 1. The molecule has 170 valence electrons. The fraction of sp³-hybridized carbons (Fsp3) is 0.286. The number of phenols is 4. The molecule has 32 heavy (non-hydrogen) atoms. The molecule has 2 aromatic carbocycles. The SMILES string of the molecule is O=c1cc(-c2ccc(O)c(O)c2)oc2c([C@H]3O[C@@H](CO)[C@@H](O)[C@@H](O)[C@H]3O)c(O)cc(O)c12. The second-order valence-corrected chi connectivity index (χ2v) is 7.46. The van der Waals surface area contributed by atoms with E-state index in [1.165, 1.54) is 6.07 Å². The highest BCUT2D eigenvalue weighted by Gasteiger charge is 2.46. The van der Waals surface area contributed by atoms with Crippen molar-refractivity contribution in [1.82, 2.24) is 0 Å². The third-order valence-corrected chi connectivity index (χ3v) is 5.43. The Bertz CT molecular complexity index is 1230. The number of aliphatic hydroxyl groups is 4. The zero-order valence-corrected chi connectivity index (χ0v) is 16.3. The average Bonchev–Trinajstić information content (AvgIpc) is 2.74. The zero-order valence-electron chi connectivity index (χ0n) is 16.3. The molecule has 0 aliphatic carbocycles. The molecule has 0 amide bonds. The smallest absolute Gasteiger partial charge is 0.197 e. The van der Waals surface area contributed by atoms with Gasteiger partial charge in [-0.25, -0.2) is 0 Å². The van der Waals surface area contributed by atoms with Crippen molar-refractivity contribution in [3.05, 3.63) is 46.1 Å². The number of hydrogen-bond acceptors (Lipinski definition) is 11. The topological polar surface area (TPSA) is 201 Å². The molecule has 0 unspecified atom stereocenters. The van der Waals surface area contributed by atoms with Gasteiger partial charge in [0, 0.05) is 17.7 Å². The van der Waals surface area contributed by atoms with E-state index in [2.05, 4.69) is 0 Å². The van der Waals surface area contributed by atoms with Crippen LogP contribution >= 0.6 is 0 Å². The predicted molar refractivity (Wildman–Crippen MR) is 107 cm³/mol. The number of benzene rings is 2. The standard InChI is InChI=1S/C21H20O11/c22-6-14-17(28)18(29)19(30)21(32-14)16-11(26)4-10(25)15-12(27)5-13(31-20(15)16)7-1-2-8(23)9(24)3-7/h1-5,14,17-19,21-26,28-30H,6H2/t14-,17+,18+,19+,21+/m0/s1. The van der Waals surface area contributed by atoms with Crippen molar-refractivity contribution in [1.29, 1.82) is 0 Å². The van der Waals surface area contributed by atoms with Gasteiger partial charge in [-0.15, -0.1) is 0 Å². The van der Waals surface area contributed by atoms with E-state index in [0.29, 0.717) is 0 Å². The van der Waals surface area contributed by atoms with E-state index in [-0.39, 0.29) is 27.9 Å². The van der Waals surface area contributed by atoms with Crippen LogP contribution < -0.4 is 5.43 Å². The molecule has 2 heterocycles. The molecule has 5 atom stereocenters. The van der Waals surface area contributed by atoms with Crippen molar-refractivity contribution in [3.63, 3.8) is 0 Å². The van der Waals surface area contributed by atoms with E-state index in [4.69, 9.17) is 9.15 Å². The first-order valence-corrected chi connectivity index (χ1v) is 9.49. The lowest BCUT2D eigenvalue weighted by atomic mass is 9.89. The normalized spacial score (nSPS) is 25.8. The van der Waals surface area contributed by atoms with E-state index >= 15 is 0 Å². The lowest BCUT2D eigenvalue weighted by Gasteiger charge is -2.40. The molecule has 0 radical (unpaired) electrons. The molecule has 0 spiro atoms. The molecule has 11 heteroatoms. The van der Waals surface area contributed by atoms with Gasteiger partial charge in [-0.2, -0.15) is 0 Å². The number of fused-ring (bicyclic) bond motifs is 1. The molecule has 3 aromatic rings. The highest BCUT2D eigenvalue weighted by molar-refractivity contribution is 5.89. The van der Waals surface area contributed by atoms with Gasteiger partial charge in [0.15, 0.2) is 22.5 Å². The van der Waals surface area contributed by atoms with Gasteiger partial charge in [-0.05, 0) is 18.2 Å². The van der Waals surface area contributed by atoms with Crippen LogP contribution in [0.5, 0.6) is 23.0 Å². The fourth-order valence-corrected chi connectivity index (χ4v) is 3.76. The maximum atomic E-state index is 12.8. The lowest BCUT2D eigenvalue weighted by molar-refractivity contribution is -0.231. The first-order valence-electron chi connectivity index (χ1n) is 9.49. The highest BCUT2D eigenvalue weighted by atomic mass is 16.5. The largest absolute Gasteiger partial charge is 0.507 e. The fourth-order valence-electron chi connectivity index (χ4n) is 3.76. The summed E-state index contributed by atoms with van der Waals surface area (Å²) in [5, 5.41) is 79.7. The Kier molecular flexibility index (Phi) is 5.44. The Morgan fingerprint density at radius 2 is 1.53 bits per heavy atom. The first kappa shape index (κ1) is 21.9. The minimum Gasteiger partial charge on any atom is -0.507 e. The van der Waals surface area contributed by atoms with E-state index in [0.717, 1.165) is 24.3 Å². The summed E-state index contributed by atoms with van der Waals surface area (Å²) in [5.74, 6) is -2.28. The van der Waals surface area contributed by atoms with Crippen molar-refractivity contribution in [2.24, 2.45) is 0 Å². The van der Waals surface area contributed by atoms with Gasteiger partial charge in [0.05, 0.1) is 12.2 Å². The summed E-state index contributed by atoms with van der Waals surface area (Å²) < 4.78 is 11.2. The van der Waals surface area contributed by atoms with Crippen LogP contribution in [0.3, 0.4) is 0 Å². The van der Waals surface area contributed by atoms with Crippen LogP contribution in [0.1, 0.15) is 11.7 Å². The molecule has 1 saturated heterocycles. The van der Waals surface area contributed by atoms with Gasteiger partial charge >= 0.3 is 0 Å². The summed E-state index contributed by atoms with van der Waals surface area (Å²) in [6.07, 6.45) is -8.07. The molecule has 8 N–H and O–H groups in total. The minimum absolute atomic E-state index is 0.117. The maximum Gasteiger partial charge on any atom is 0.197 e. The van der Waals surface area contributed by atoms with Crippen LogP contribution in [-0.2, 0) is 4.74 Å². The number of phenolic OH excluding ortho intramolecular Hbond substituents is 4. The van der Waals surface area contributed by atoms with Gasteiger partial charge in [-0.3, -0.25) is 4.79 Å². The third-order valence-electron chi connectivity index (χ3n) is 5.43. The van der Waals surface area contributed by atoms with Crippen molar-refractivity contribution >= 4 is 11.0 Å². The molecule has 0 bridgehead atoms. The van der Waals surface area contributed by atoms with E-state index in [9.17, 15) is 45.6 Å². The summed E-state index contributed by atoms with van der Waals surface area (Å²) in [5.41, 5.74) is -1.27. The number of hydrogen-bond donors (Lipinski definition) is 8. The van der Waals surface area contributed by atoms with E-state index in [1.807, 2.05) is 0 Å². The molecular formula is C21H20O11. The number of rotatable bonds is 3. The molecule has 4 rings (SSSR count). The van der Waals surface area contributed by atoms with Crippen molar-refractivity contribution < 1.29 is 50.0 Å². The lowest BCUT2D eigenvalue weighted by Crippen LogP contribution is -2.55. The van der Waals surface area contributed by atoms with Crippen molar-refractivity contribution in [2.45, 2.75) is 30.5 Å². The van der Waals surface area contributed by atoms with Crippen LogP contribution in [0.15, 0.2) is 39.5 Å². The number of aromatic hydroxyl groups is 4. The summed E-state index contributed by atoms with van der Waals surface area (Å²) in [7, 11) is 0. The highest BCUT2D eigenvalue weighted by Crippen LogP contribution is 2.44. The second-order valence-electron chi connectivity index (χ2n) is 7.46. The van der Waals surface area contributed by atoms with Gasteiger partial charge in [-0.1, -0.05) is 0 Å². The zero-order chi connectivity index (χ0) is 23.3. The van der Waals surface area contributed by atoms with Gasteiger partial charge in [0.25, 0.3) is 0 Å². The summed E-state index contributed by atoms with van der Waals surface area (Å²) in [6.45, 7) is -0.722. The molecule has 1 aliphatic heterocycles. The second kappa shape index (κ2) is 7.97. The van der Waals surface area contributed by atoms with Gasteiger partial charge < -0.3 is 50.0 Å². The Morgan fingerprint density at radius 3 is 2.19 bits per heavy atom. The quantitative estimate of drug-likeness (QED) is 0.247. The van der Waals surface area contributed by atoms with Gasteiger partial charge in [0.2, 0.25) is 0 Å². The Labute approximate surface area is 179 Å². The van der Waals surface area contributed by atoms with Crippen LogP contribution in [0.25, 0.3) is 22.3 Å². The van der Waals surface area contributed by atoms with E-state index < -0.39 is 65.6 Å². The Balaban J connectivity index is 1.97. The summed E-state index contributed by atoms with van der Waals surface area (Å²) in [6, 6.07) is 5.47. The molecule has 1 fully saturated rings. The average molecular weight is 448 g/mol. The first-order chi connectivity index (χ1) is 15.1. The monoisotopic (exact) mass is 448 g/mol. The van der Waals surface area contributed by atoms with Crippen LogP contribution in [0.4, 0.5) is 0 Å². The Hall–Kier alpha value is -3.35. The van der Waals surface area contributed by atoms with Crippen LogP contribution in [-0.4, -0.2) is 71.9 Å². The van der Waals surface area contributed by atoms with Gasteiger partial charge in [0.1, 0.15) is 53.2 Å². The van der Waals surface area contributed by atoms with Crippen LogP contribution in [0, 0.1) is 0 Å². The molecular weight excluding hydrogens is 428 g/mol. The molecule has 1 aromatic heterocycles. The predicted octanol–water partition coefficient (Wildman–Crippen LogP) is -0.203. The van der Waals surface area contributed by atoms with Crippen molar-refractivity contribution in [3.8, 4) is 34.3 Å².